The lowest BCUT2D eigenvalue weighted by molar-refractivity contribution is 0.0697. The topological polar surface area (TPSA) is 87.6 Å². The van der Waals surface area contributed by atoms with Crippen LogP contribution < -0.4 is 10.2 Å². The summed E-state index contributed by atoms with van der Waals surface area (Å²) < 4.78 is 19.4. The van der Waals surface area contributed by atoms with Crippen LogP contribution in [0.3, 0.4) is 0 Å². The van der Waals surface area contributed by atoms with Crippen LogP contribution in [-0.4, -0.2) is 47.3 Å². The van der Waals surface area contributed by atoms with Crippen LogP contribution >= 0.6 is 0 Å². The number of ether oxygens (including phenoxy) is 1. The van der Waals surface area contributed by atoms with E-state index in [2.05, 4.69) is 15.2 Å². The fourth-order valence-electron chi connectivity index (χ4n) is 3.54. The van der Waals surface area contributed by atoms with Crippen LogP contribution in [0.15, 0.2) is 36.5 Å². The standard InChI is InChI=1S/C22H23FN4O3/c1-13-3-4-16(11-18(13)23)25-14(2)17-9-15(22(28)29)10-19-21(17)26-20(12-24-19)27-5-7-30-8-6-27/h3-4,9-12,14,25H,5-8H2,1-2H3,(H,28,29). The Morgan fingerprint density at radius 3 is 2.73 bits per heavy atom. The van der Waals surface area contributed by atoms with Gasteiger partial charge in [-0.05, 0) is 43.7 Å². The number of carbonyl (C=O) groups is 1. The number of morpholine rings is 1. The highest BCUT2D eigenvalue weighted by atomic mass is 19.1. The molecule has 0 radical (unpaired) electrons. The van der Waals surface area contributed by atoms with Crippen molar-refractivity contribution in [3.05, 3.63) is 59.0 Å². The fraction of sp³-hybridized carbons (Fsp3) is 0.318. The third-order valence-electron chi connectivity index (χ3n) is 5.27. The summed E-state index contributed by atoms with van der Waals surface area (Å²) in [6, 6.07) is 7.73. The van der Waals surface area contributed by atoms with Gasteiger partial charge < -0.3 is 20.1 Å². The summed E-state index contributed by atoms with van der Waals surface area (Å²) in [7, 11) is 0. The molecule has 1 fully saturated rings. The van der Waals surface area contributed by atoms with E-state index in [0.717, 1.165) is 18.9 Å². The maximum Gasteiger partial charge on any atom is 0.335 e. The van der Waals surface area contributed by atoms with Crippen molar-refractivity contribution < 1.29 is 19.0 Å². The van der Waals surface area contributed by atoms with E-state index in [1.165, 1.54) is 12.1 Å². The number of aryl methyl sites for hydroxylation is 1. The number of fused-ring (bicyclic) bond motifs is 1. The van der Waals surface area contributed by atoms with Crippen LogP contribution in [0.25, 0.3) is 11.0 Å². The SMILES string of the molecule is Cc1ccc(NC(C)c2cc(C(=O)O)cc3ncc(N4CCOCC4)nc23)cc1F. The molecule has 0 saturated carbocycles. The summed E-state index contributed by atoms with van der Waals surface area (Å²) in [4.78, 5) is 23.0. The quantitative estimate of drug-likeness (QED) is 0.662. The first kappa shape index (κ1) is 20.0. The van der Waals surface area contributed by atoms with E-state index < -0.39 is 5.97 Å². The molecule has 2 N–H and O–H groups in total. The number of rotatable bonds is 5. The minimum absolute atomic E-state index is 0.134. The molecule has 2 aromatic carbocycles. The van der Waals surface area contributed by atoms with Gasteiger partial charge in [-0.25, -0.2) is 14.2 Å². The summed E-state index contributed by atoms with van der Waals surface area (Å²) in [5, 5.41) is 12.8. The molecule has 0 aliphatic carbocycles. The van der Waals surface area contributed by atoms with Crippen LogP contribution in [-0.2, 0) is 4.74 Å². The maximum atomic E-state index is 14.0. The number of benzene rings is 2. The molecule has 0 amide bonds. The first-order valence-electron chi connectivity index (χ1n) is 9.82. The van der Waals surface area contributed by atoms with Crippen molar-refractivity contribution in [3.63, 3.8) is 0 Å². The summed E-state index contributed by atoms with van der Waals surface area (Å²) in [5.41, 5.74) is 3.12. The number of aromatic carboxylic acids is 1. The summed E-state index contributed by atoms with van der Waals surface area (Å²) in [5.74, 6) is -0.611. The van der Waals surface area contributed by atoms with Gasteiger partial charge in [0.05, 0.1) is 42.0 Å². The molecule has 7 nitrogen and oxygen atoms in total. The Morgan fingerprint density at radius 1 is 1.27 bits per heavy atom. The number of carboxylic acid groups (broad SMARTS) is 1. The van der Waals surface area contributed by atoms with Crippen LogP contribution in [0.4, 0.5) is 15.9 Å². The Hall–Kier alpha value is -3.26. The van der Waals surface area contributed by atoms with Gasteiger partial charge in [0.15, 0.2) is 0 Å². The van der Waals surface area contributed by atoms with E-state index in [1.807, 2.05) is 6.92 Å². The van der Waals surface area contributed by atoms with Gasteiger partial charge in [-0.15, -0.1) is 0 Å². The van der Waals surface area contributed by atoms with Gasteiger partial charge in [0.1, 0.15) is 11.6 Å². The highest BCUT2D eigenvalue weighted by Crippen LogP contribution is 2.29. The Balaban J connectivity index is 1.75. The Morgan fingerprint density at radius 2 is 2.03 bits per heavy atom. The second-order valence-corrected chi connectivity index (χ2v) is 7.40. The third kappa shape index (κ3) is 4.04. The molecule has 1 aliphatic rings. The molecule has 30 heavy (non-hydrogen) atoms. The monoisotopic (exact) mass is 410 g/mol. The van der Waals surface area contributed by atoms with Gasteiger partial charge >= 0.3 is 5.97 Å². The van der Waals surface area contributed by atoms with Gasteiger partial charge in [0.25, 0.3) is 0 Å². The van der Waals surface area contributed by atoms with Gasteiger partial charge in [0.2, 0.25) is 0 Å². The van der Waals surface area contributed by atoms with Gasteiger partial charge in [-0.1, -0.05) is 6.07 Å². The number of anilines is 2. The van der Waals surface area contributed by atoms with Crippen LogP contribution in [0, 0.1) is 12.7 Å². The molecule has 2 heterocycles. The van der Waals surface area contributed by atoms with Crippen molar-refractivity contribution in [1.82, 2.24) is 9.97 Å². The van der Waals surface area contributed by atoms with E-state index in [4.69, 9.17) is 9.72 Å². The Bertz CT molecular complexity index is 1100. The molecule has 1 aromatic heterocycles. The fourth-order valence-corrected chi connectivity index (χ4v) is 3.54. The zero-order chi connectivity index (χ0) is 21.3. The van der Waals surface area contributed by atoms with Crippen LogP contribution in [0.5, 0.6) is 0 Å². The number of halogens is 1. The van der Waals surface area contributed by atoms with Gasteiger partial charge in [0, 0.05) is 24.3 Å². The first-order valence-corrected chi connectivity index (χ1v) is 9.82. The third-order valence-corrected chi connectivity index (χ3v) is 5.27. The molecule has 1 saturated heterocycles. The largest absolute Gasteiger partial charge is 0.478 e. The summed E-state index contributed by atoms with van der Waals surface area (Å²) in [6.07, 6.45) is 1.66. The number of carboxylic acids is 1. The number of aromatic nitrogens is 2. The van der Waals surface area contributed by atoms with Crippen LogP contribution in [0.2, 0.25) is 0 Å². The number of hydrogen-bond donors (Lipinski definition) is 2. The summed E-state index contributed by atoms with van der Waals surface area (Å²) in [6.45, 7) is 6.29. The minimum Gasteiger partial charge on any atom is -0.478 e. The lowest BCUT2D eigenvalue weighted by Crippen LogP contribution is -2.36. The molecule has 0 bridgehead atoms. The molecule has 1 atom stereocenters. The maximum absolute atomic E-state index is 14.0. The van der Waals surface area contributed by atoms with Crippen LogP contribution in [0.1, 0.15) is 34.5 Å². The van der Waals surface area contributed by atoms with E-state index in [1.54, 1.807) is 31.3 Å². The average molecular weight is 410 g/mol. The van der Waals surface area contributed by atoms with Crippen molar-refractivity contribution in [2.45, 2.75) is 19.9 Å². The minimum atomic E-state index is -1.04. The highest BCUT2D eigenvalue weighted by Gasteiger charge is 2.19. The lowest BCUT2D eigenvalue weighted by atomic mass is 10.0. The summed E-state index contributed by atoms with van der Waals surface area (Å²) >= 11 is 0. The van der Waals surface area contributed by atoms with E-state index in [0.29, 0.717) is 41.1 Å². The number of nitrogens with one attached hydrogen (secondary N) is 1. The molecular formula is C22H23FN4O3. The average Bonchev–Trinajstić information content (AvgIpc) is 2.75. The van der Waals surface area contributed by atoms with Gasteiger partial charge in [-0.3, -0.25) is 4.98 Å². The first-order chi connectivity index (χ1) is 14.4. The van der Waals surface area contributed by atoms with E-state index >= 15 is 0 Å². The Kier molecular flexibility index (Phi) is 5.50. The number of nitrogens with zero attached hydrogens (tertiary/aromatic N) is 3. The van der Waals surface area contributed by atoms with Crippen molar-refractivity contribution in [3.8, 4) is 0 Å². The second kappa shape index (κ2) is 8.23. The normalized spacial score (nSPS) is 15.2. The molecule has 3 aromatic rings. The predicted molar refractivity (Wildman–Crippen MR) is 113 cm³/mol. The molecule has 1 aliphatic heterocycles. The van der Waals surface area contributed by atoms with Crippen molar-refractivity contribution in [2.75, 3.05) is 36.5 Å². The predicted octanol–water partition coefficient (Wildman–Crippen LogP) is 3.79. The zero-order valence-corrected chi connectivity index (χ0v) is 16.9. The van der Waals surface area contributed by atoms with E-state index in [9.17, 15) is 14.3 Å². The van der Waals surface area contributed by atoms with E-state index in [-0.39, 0.29) is 17.4 Å². The smallest absolute Gasteiger partial charge is 0.335 e. The van der Waals surface area contributed by atoms with Crippen molar-refractivity contribution in [1.29, 1.82) is 0 Å². The van der Waals surface area contributed by atoms with Crippen molar-refractivity contribution >= 4 is 28.5 Å². The zero-order valence-electron chi connectivity index (χ0n) is 16.9. The molecule has 1 unspecified atom stereocenters. The molecule has 156 valence electrons. The molecule has 4 rings (SSSR count). The lowest BCUT2D eigenvalue weighted by Gasteiger charge is -2.28. The number of hydrogen-bond acceptors (Lipinski definition) is 6. The second-order valence-electron chi connectivity index (χ2n) is 7.40. The Labute approximate surface area is 173 Å². The molecule has 0 spiro atoms. The van der Waals surface area contributed by atoms with Crippen molar-refractivity contribution in [2.24, 2.45) is 0 Å². The van der Waals surface area contributed by atoms with Gasteiger partial charge in [-0.2, -0.15) is 0 Å². The molecular weight excluding hydrogens is 387 g/mol. The highest BCUT2D eigenvalue weighted by molar-refractivity contribution is 5.94. The molecule has 8 heteroatoms.